The highest BCUT2D eigenvalue weighted by Gasteiger charge is 2.18. The first-order valence-electron chi connectivity index (χ1n) is 4.81. The quantitative estimate of drug-likeness (QED) is 0.811. The van der Waals surface area contributed by atoms with E-state index in [0.717, 1.165) is 16.8 Å². The SMILES string of the molecule is Cc1c(CN)nnn1-c1ccc(F)c(F)c1F. The Kier molecular flexibility index (Phi) is 2.84. The zero-order chi connectivity index (χ0) is 12.6. The molecule has 0 spiro atoms. The maximum atomic E-state index is 13.5. The molecule has 1 aromatic heterocycles. The second-order valence-electron chi connectivity index (χ2n) is 3.43. The van der Waals surface area contributed by atoms with Gasteiger partial charge in [0.05, 0.1) is 11.4 Å². The van der Waals surface area contributed by atoms with Crippen LogP contribution in [0.1, 0.15) is 11.4 Å². The minimum atomic E-state index is -1.54. The molecule has 17 heavy (non-hydrogen) atoms. The zero-order valence-electron chi connectivity index (χ0n) is 8.91. The number of aromatic nitrogens is 3. The van der Waals surface area contributed by atoms with Gasteiger partial charge in [-0.05, 0) is 19.1 Å². The Bertz CT molecular complexity index is 565. The molecule has 0 aliphatic heterocycles. The van der Waals surface area contributed by atoms with E-state index in [4.69, 9.17) is 5.73 Å². The number of nitrogens with zero attached hydrogens (tertiary/aromatic N) is 3. The van der Waals surface area contributed by atoms with Crippen LogP contribution in [0.4, 0.5) is 13.2 Å². The first-order chi connectivity index (χ1) is 8.06. The van der Waals surface area contributed by atoms with E-state index < -0.39 is 17.5 Å². The highest BCUT2D eigenvalue weighted by molar-refractivity contribution is 5.35. The third kappa shape index (κ3) is 1.78. The number of halogens is 3. The van der Waals surface area contributed by atoms with Crippen LogP contribution < -0.4 is 5.73 Å². The molecule has 0 radical (unpaired) electrons. The molecule has 2 N–H and O–H groups in total. The fourth-order valence-corrected chi connectivity index (χ4v) is 1.46. The van der Waals surface area contributed by atoms with Crippen molar-refractivity contribution in [3.05, 3.63) is 41.0 Å². The smallest absolute Gasteiger partial charge is 0.196 e. The minimum absolute atomic E-state index is 0.136. The summed E-state index contributed by atoms with van der Waals surface area (Å²) in [7, 11) is 0. The van der Waals surface area contributed by atoms with Gasteiger partial charge in [0.15, 0.2) is 17.5 Å². The van der Waals surface area contributed by atoms with E-state index in [1.807, 2.05) is 0 Å². The van der Waals surface area contributed by atoms with E-state index in [1.165, 1.54) is 0 Å². The lowest BCUT2D eigenvalue weighted by Crippen LogP contribution is -2.06. The predicted octanol–water partition coefficient (Wildman–Crippen LogP) is 1.45. The van der Waals surface area contributed by atoms with Crippen molar-refractivity contribution in [1.29, 1.82) is 0 Å². The molecule has 90 valence electrons. The van der Waals surface area contributed by atoms with Gasteiger partial charge in [0.2, 0.25) is 0 Å². The first-order valence-corrected chi connectivity index (χ1v) is 4.81. The van der Waals surface area contributed by atoms with Gasteiger partial charge in [0.25, 0.3) is 0 Å². The van der Waals surface area contributed by atoms with Crippen LogP contribution in [-0.4, -0.2) is 15.0 Å². The molecule has 0 atom stereocenters. The maximum absolute atomic E-state index is 13.5. The van der Waals surface area contributed by atoms with Crippen LogP contribution in [0, 0.1) is 24.4 Å². The molecule has 0 aliphatic rings. The lowest BCUT2D eigenvalue weighted by molar-refractivity contribution is 0.442. The van der Waals surface area contributed by atoms with Crippen molar-refractivity contribution in [2.75, 3.05) is 0 Å². The van der Waals surface area contributed by atoms with E-state index in [1.54, 1.807) is 6.92 Å². The van der Waals surface area contributed by atoms with Gasteiger partial charge in [-0.2, -0.15) is 0 Å². The first kappa shape index (κ1) is 11.6. The van der Waals surface area contributed by atoms with Crippen LogP contribution >= 0.6 is 0 Å². The Morgan fingerprint density at radius 1 is 1.24 bits per heavy atom. The van der Waals surface area contributed by atoms with Gasteiger partial charge in [-0.3, -0.25) is 0 Å². The largest absolute Gasteiger partial charge is 0.325 e. The van der Waals surface area contributed by atoms with E-state index in [-0.39, 0.29) is 12.2 Å². The van der Waals surface area contributed by atoms with Crippen molar-refractivity contribution in [2.45, 2.75) is 13.5 Å². The van der Waals surface area contributed by atoms with Crippen LogP contribution in [0.3, 0.4) is 0 Å². The third-order valence-corrected chi connectivity index (χ3v) is 2.43. The Morgan fingerprint density at radius 2 is 1.94 bits per heavy atom. The van der Waals surface area contributed by atoms with Crippen molar-refractivity contribution in [3.63, 3.8) is 0 Å². The standard InChI is InChI=1S/C10H9F3N4/c1-5-7(4-14)15-16-17(5)8-3-2-6(11)9(12)10(8)13/h2-3H,4,14H2,1H3. The van der Waals surface area contributed by atoms with Gasteiger partial charge in [-0.1, -0.05) is 5.21 Å². The fourth-order valence-electron chi connectivity index (χ4n) is 1.46. The molecule has 1 aromatic carbocycles. The third-order valence-electron chi connectivity index (χ3n) is 2.43. The second kappa shape index (κ2) is 4.17. The monoisotopic (exact) mass is 242 g/mol. The number of nitrogens with two attached hydrogens (primary N) is 1. The van der Waals surface area contributed by atoms with Crippen LogP contribution in [-0.2, 0) is 6.54 Å². The van der Waals surface area contributed by atoms with Crippen molar-refractivity contribution >= 4 is 0 Å². The molecule has 7 heteroatoms. The summed E-state index contributed by atoms with van der Waals surface area (Å²) in [6.07, 6.45) is 0. The minimum Gasteiger partial charge on any atom is -0.325 e. The summed E-state index contributed by atoms with van der Waals surface area (Å²) in [6, 6.07) is 1.92. The molecule has 4 nitrogen and oxygen atoms in total. The summed E-state index contributed by atoms with van der Waals surface area (Å²) >= 11 is 0. The molecule has 0 aliphatic carbocycles. The van der Waals surface area contributed by atoms with Gasteiger partial charge in [-0.15, -0.1) is 5.10 Å². The van der Waals surface area contributed by atoms with Crippen LogP contribution in [0.15, 0.2) is 12.1 Å². The highest BCUT2D eigenvalue weighted by Crippen LogP contribution is 2.20. The molecule has 0 saturated heterocycles. The average molecular weight is 242 g/mol. The Hall–Kier alpha value is -1.89. The molecule has 0 amide bonds. The molecule has 0 unspecified atom stereocenters. The average Bonchev–Trinajstić information content (AvgIpc) is 2.68. The summed E-state index contributed by atoms with van der Waals surface area (Å²) < 4.78 is 40.4. The molecule has 0 bridgehead atoms. The van der Waals surface area contributed by atoms with Crippen molar-refractivity contribution in [3.8, 4) is 5.69 Å². The molecule has 0 saturated carbocycles. The summed E-state index contributed by atoms with van der Waals surface area (Å²) in [5.74, 6) is -4.09. The lowest BCUT2D eigenvalue weighted by Gasteiger charge is -2.05. The van der Waals surface area contributed by atoms with Gasteiger partial charge in [0, 0.05) is 6.54 Å². The molecule has 0 fully saturated rings. The van der Waals surface area contributed by atoms with Gasteiger partial charge < -0.3 is 5.73 Å². The van der Waals surface area contributed by atoms with Crippen molar-refractivity contribution < 1.29 is 13.2 Å². The van der Waals surface area contributed by atoms with E-state index in [2.05, 4.69) is 10.3 Å². The number of rotatable bonds is 2. The second-order valence-corrected chi connectivity index (χ2v) is 3.43. The van der Waals surface area contributed by atoms with E-state index in [9.17, 15) is 13.2 Å². The predicted molar refractivity (Wildman–Crippen MR) is 53.9 cm³/mol. The Morgan fingerprint density at radius 3 is 2.53 bits per heavy atom. The highest BCUT2D eigenvalue weighted by atomic mass is 19.2. The Balaban J connectivity index is 2.61. The van der Waals surface area contributed by atoms with E-state index >= 15 is 0 Å². The molecule has 2 aromatic rings. The zero-order valence-corrected chi connectivity index (χ0v) is 8.91. The lowest BCUT2D eigenvalue weighted by atomic mass is 10.2. The van der Waals surface area contributed by atoms with Crippen LogP contribution in [0.25, 0.3) is 5.69 Å². The van der Waals surface area contributed by atoms with Gasteiger partial charge in [0.1, 0.15) is 5.69 Å². The molecule has 2 rings (SSSR count). The maximum Gasteiger partial charge on any atom is 0.196 e. The number of hydrogen-bond donors (Lipinski definition) is 1. The summed E-state index contributed by atoms with van der Waals surface area (Å²) in [4.78, 5) is 0. The van der Waals surface area contributed by atoms with E-state index in [0.29, 0.717) is 11.4 Å². The van der Waals surface area contributed by atoms with Gasteiger partial charge in [-0.25, -0.2) is 17.9 Å². The normalized spacial score (nSPS) is 10.9. The fraction of sp³-hybridized carbons (Fsp3) is 0.200. The Labute approximate surface area is 94.9 Å². The van der Waals surface area contributed by atoms with Crippen LogP contribution in [0.5, 0.6) is 0 Å². The number of hydrogen-bond acceptors (Lipinski definition) is 3. The molecular formula is C10H9F3N4. The number of benzene rings is 1. The molecular weight excluding hydrogens is 233 g/mol. The van der Waals surface area contributed by atoms with Crippen molar-refractivity contribution in [2.24, 2.45) is 5.73 Å². The van der Waals surface area contributed by atoms with Gasteiger partial charge >= 0.3 is 0 Å². The summed E-state index contributed by atoms with van der Waals surface area (Å²) in [5, 5.41) is 7.35. The topological polar surface area (TPSA) is 56.7 Å². The van der Waals surface area contributed by atoms with Crippen LogP contribution in [0.2, 0.25) is 0 Å². The van der Waals surface area contributed by atoms with Crippen molar-refractivity contribution in [1.82, 2.24) is 15.0 Å². The molecule has 1 heterocycles. The summed E-state index contributed by atoms with van der Waals surface area (Å²) in [5.41, 5.74) is 6.14. The summed E-state index contributed by atoms with van der Waals surface area (Å²) in [6.45, 7) is 1.75.